The van der Waals surface area contributed by atoms with Gasteiger partial charge in [-0.15, -0.1) is 0 Å². The smallest absolute Gasteiger partial charge is 0.226 e. The summed E-state index contributed by atoms with van der Waals surface area (Å²) in [6.07, 6.45) is 1.19. The number of hydrogen-bond acceptors (Lipinski definition) is 2. The molecule has 0 aliphatic carbocycles. The summed E-state index contributed by atoms with van der Waals surface area (Å²) in [6, 6.07) is 9.63. The maximum Gasteiger partial charge on any atom is 0.249 e. The van der Waals surface area contributed by atoms with E-state index in [-0.39, 0.29) is 5.56 Å². The quantitative estimate of drug-likeness (QED) is 0.687. The van der Waals surface area contributed by atoms with E-state index in [0.29, 0.717) is 11.1 Å². The van der Waals surface area contributed by atoms with Crippen LogP contribution in [0.5, 0.6) is 0 Å². The lowest BCUT2D eigenvalue weighted by molar-refractivity contribution is 0.482. The zero-order valence-corrected chi connectivity index (χ0v) is 8.11. The molecule has 0 bridgehead atoms. The average Bonchev–Trinajstić information content (AvgIpc) is 2.33. The lowest BCUT2D eigenvalue weighted by Gasteiger charge is -2.03. The third kappa shape index (κ3) is 1.75. The van der Waals surface area contributed by atoms with Gasteiger partial charge in [0, 0.05) is 11.8 Å². The number of aromatic nitrogens is 1. The summed E-state index contributed by atoms with van der Waals surface area (Å²) < 4.78 is 26.3. The second-order valence-electron chi connectivity index (χ2n) is 3.16. The summed E-state index contributed by atoms with van der Waals surface area (Å²) in [6.45, 7) is 0. The molecule has 2 aromatic rings. The van der Waals surface area contributed by atoms with Gasteiger partial charge in [-0.2, -0.15) is 9.65 Å². The van der Waals surface area contributed by atoms with Crippen molar-refractivity contribution in [2.75, 3.05) is 0 Å². The molecule has 1 heterocycles. The summed E-state index contributed by atoms with van der Waals surface area (Å²) in [7, 11) is 0. The first-order valence-electron chi connectivity index (χ1n) is 4.53. The van der Waals surface area contributed by atoms with Gasteiger partial charge in [0.05, 0.1) is 11.6 Å². The Bertz CT molecular complexity index is 573. The highest BCUT2D eigenvalue weighted by molar-refractivity contribution is 5.65. The van der Waals surface area contributed by atoms with Crippen molar-refractivity contribution >= 4 is 0 Å². The van der Waals surface area contributed by atoms with Gasteiger partial charge in [0.1, 0.15) is 0 Å². The summed E-state index contributed by atoms with van der Waals surface area (Å²) in [5.41, 5.74) is 0.955. The highest BCUT2D eigenvalue weighted by Gasteiger charge is 2.10. The molecule has 0 aliphatic rings. The largest absolute Gasteiger partial charge is 0.249 e. The molecule has 2 rings (SSSR count). The van der Waals surface area contributed by atoms with Crippen molar-refractivity contribution in [3.05, 3.63) is 53.9 Å². The van der Waals surface area contributed by atoms with Crippen LogP contribution in [0.15, 0.2) is 36.5 Å². The Morgan fingerprint density at radius 1 is 1.19 bits per heavy atom. The molecule has 4 heteroatoms. The van der Waals surface area contributed by atoms with Crippen LogP contribution in [0.2, 0.25) is 0 Å². The van der Waals surface area contributed by atoms with Crippen LogP contribution in [-0.2, 0) is 0 Å². The van der Waals surface area contributed by atoms with Crippen molar-refractivity contribution in [3.63, 3.8) is 0 Å². The molecule has 0 spiro atoms. The van der Waals surface area contributed by atoms with Gasteiger partial charge >= 0.3 is 0 Å². The molecule has 0 unspecified atom stereocenters. The van der Waals surface area contributed by atoms with Crippen LogP contribution in [0.25, 0.3) is 11.1 Å². The summed E-state index contributed by atoms with van der Waals surface area (Å²) in [5, 5.41) is 8.70. The van der Waals surface area contributed by atoms with Crippen LogP contribution < -0.4 is 0 Å². The monoisotopic (exact) mass is 216 g/mol. The van der Waals surface area contributed by atoms with Crippen LogP contribution in [0, 0.1) is 23.1 Å². The van der Waals surface area contributed by atoms with E-state index in [1.807, 2.05) is 6.07 Å². The molecule has 0 radical (unpaired) electrons. The molecule has 1 aromatic carbocycles. The van der Waals surface area contributed by atoms with Crippen molar-refractivity contribution in [2.24, 2.45) is 0 Å². The highest BCUT2D eigenvalue weighted by Crippen LogP contribution is 2.23. The van der Waals surface area contributed by atoms with E-state index in [0.717, 1.165) is 0 Å². The van der Waals surface area contributed by atoms with E-state index in [1.54, 1.807) is 18.2 Å². The predicted molar refractivity (Wildman–Crippen MR) is 54.3 cm³/mol. The molecule has 16 heavy (non-hydrogen) atoms. The minimum absolute atomic E-state index is 0.101. The van der Waals surface area contributed by atoms with Crippen LogP contribution in [0.4, 0.5) is 8.78 Å². The third-order valence-corrected chi connectivity index (χ3v) is 2.15. The average molecular weight is 216 g/mol. The number of rotatable bonds is 1. The predicted octanol–water partition coefficient (Wildman–Crippen LogP) is 2.90. The van der Waals surface area contributed by atoms with Crippen LogP contribution in [0.1, 0.15) is 5.56 Å². The van der Waals surface area contributed by atoms with Gasteiger partial charge in [0.15, 0.2) is 5.82 Å². The molecule has 0 N–H and O–H groups in total. The molecule has 2 nitrogen and oxygen atoms in total. The van der Waals surface area contributed by atoms with Crippen molar-refractivity contribution < 1.29 is 8.78 Å². The fraction of sp³-hybridized carbons (Fsp3) is 0. The molecule has 0 atom stereocenters. The minimum atomic E-state index is -1.14. The van der Waals surface area contributed by atoms with Gasteiger partial charge in [-0.3, -0.25) is 0 Å². The standard InChI is InChI=1S/C12H6F2N2/c13-11-10(4-5-16-12(11)14)9-3-1-2-8(6-9)7-15/h1-6H. The lowest BCUT2D eigenvalue weighted by Crippen LogP contribution is -1.92. The zero-order chi connectivity index (χ0) is 11.5. The molecule has 0 fully saturated rings. The second kappa shape index (κ2) is 4.07. The third-order valence-electron chi connectivity index (χ3n) is 2.15. The number of pyridine rings is 1. The fourth-order valence-corrected chi connectivity index (χ4v) is 1.40. The van der Waals surface area contributed by atoms with Crippen molar-refractivity contribution in [2.45, 2.75) is 0 Å². The van der Waals surface area contributed by atoms with Crippen LogP contribution >= 0.6 is 0 Å². The Kier molecular flexibility index (Phi) is 2.61. The van der Waals surface area contributed by atoms with E-state index in [4.69, 9.17) is 5.26 Å². The molecule has 1 aromatic heterocycles. The maximum absolute atomic E-state index is 13.4. The second-order valence-corrected chi connectivity index (χ2v) is 3.16. The SMILES string of the molecule is N#Cc1cccc(-c2ccnc(F)c2F)c1. The van der Waals surface area contributed by atoms with Crippen LogP contribution in [-0.4, -0.2) is 4.98 Å². The highest BCUT2D eigenvalue weighted by atomic mass is 19.2. The van der Waals surface area contributed by atoms with Gasteiger partial charge in [-0.25, -0.2) is 9.37 Å². The maximum atomic E-state index is 13.4. The first kappa shape index (κ1) is 10.2. The zero-order valence-electron chi connectivity index (χ0n) is 8.11. The summed E-state index contributed by atoms with van der Waals surface area (Å²) >= 11 is 0. The fourth-order valence-electron chi connectivity index (χ4n) is 1.40. The summed E-state index contributed by atoms with van der Waals surface area (Å²) in [5.74, 6) is -2.14. The van der Waals surface area contributed by atoms with Crippen molar-refractivity contribution in [1.82, 2.24) is 4.98 Å². The minimum Gasteiger partial charge on any atom is -0.226 e. The summed E-state index contributed by atoms with van der Waals surface area (Å²) in [4.78, 5) is 3.20. The number of halogens is 2. The Labute approximate surface area is 90.8 Å². The van der Waals surface area contributed by atoms with E-state index >= 15 is 0 Å². The van der Waals surface area contributed by atoms with Crippen molar-refractivity contribution in [3.8, 4) is 17.2 Å². The van der Waals surface area contributed by atoms with Crippen LogP contribution in [0.3, 0.4) is 0 Å². The molecule has 0 saturated carbocycles. The van der Waals surface area contributed by atoms with E-state index < -0.39 is 11.8 Å². The van der Waals surface area contributed by atoms with E-state index in [2.05, 4.69) is 4.98 Å². The van der Waals surface area contributed by atoms with E-state index in [9.17, 15) is 8.78 Å². The lowest BCUT2D eigenvalue weighted by atomic mass is 10.0. The number of benzene rings is 1. The first-order valence-corrected chi connectivity index (χ1v) is 4.53. The van der Waals surface area contributed by atoms with Crippen molar-refractivity contribution in [1.29, 1.82) is 5.26 Å². The van der Waals surface area contributed by atoms with E-state index in [1.165, 1.54) is 18.3 Å². The number of nitrogens with zero attached hydrogens (tertiary/aromatic N) is 2. The Balaban J connectivity index is 2.59. The molecule has 0 saturated heterocycles. The molecular weight excluding hydrogens is 210 g/mol. The van der Waals surface area contributed by atoms with Gasteiger partial charge in [0.25, 0.3) is 0 Å². The number of nitriles is 1. The molecule has 78 valence electrons. The molecule has 0 aliphatic heterocycles. The molecule has 0 amide bonds. The Hall–Kier alpha value is -2.28. The first-order chi connectivity index (χ1) is 7.72. The number of hydrogen-bond donors (Lipinski definition) is 0. The Morgan fingerprint density at radius 2 is 2.00 bits per heavy atom. The molecular formula is C12H6F2N2. The van der Waals surface area contributed by atoms with Gasteiger partial charge in [-0.05, 0) is 23.8 Å². The normalized spacial score (nSPS) is 9.81. The van der Waals surface area contributed by atoms with Gasteiger partial charge in [-0.1, -0.05) is 12.1 Å². The Morgan fingerprint density at radius 3 is 2.75 bits per heavy atom. The topological polar surface area (TPSA) is 36.7 Å². The van der Waals surface area contributed by atoms with Gasteiger partial charge in [0.2, 0.25) is 5.95 Å². The van der Waals surface area contributed by atoms with Gasteiger partial charge < -0.3 is 0 Å².